The first kappa shape index (κ1) is 15.3. The predicted octanol–water partition coefficient (Wildman–Crippen LogP) is 1.65. The van der Waals surface area contributed by atoms with Crippen molar-refractivity contribution in [3.8, 4) is 0 Å². The second kappa shape index (κ2) is 6.69. The zero-order valence-electron chi connectivity index (χ0n) is 13.5. The van der Waals surface area contributed by atoms with Crippen LogP contribution in [0.5, 0.6) is 0 Å². The summed E-state index contributed by atoms with van der Waals surface area (Å²) in [4.78, 5) is 18.5. The fourth-order valence-electron chi connectivity index (χ4n) is 3.44. The predicted molar refractivity (Wildman–Crippen MR) is 83.6 cm³/mol. The number of carbonyl (C=O) groups excluding carboxylic acids is 1. The van der Waals surface area contributed by atoms with E-state index in [4.69, 9.17) is 4.74 Å². The van der Waals surface area contributed by atoms with E-state index in [1.807, 2.05) is 26.4 Å². The normalized spacial score (nSPS) is 25.5. The summed E-state index contributed by atoms with van der Waals surface area (Å²) in [5.41, 5.74) is 0. The number of aromatic nitrogens is 2. The SMILES string of the molecule is C[C@H](NC(=O)N(C)C[C@H]1CCn2ccnc2C1)[C@H]1CCCO1. The van der Waals surface area contributed by atoms with Gasteiger partial charge in [-0.1, -0.05) is 0 Å². The molecule has 1 saturated heterocycles. The van der Waals surface area contributed by atoms with Crippen molar-refractivity contribution in [2.75, 3.05) is 20.2 Å². The van der Waals surface area contributed by atoms with Gasteiger partial charge in [0.05, 0.1) is 12.1 Å². The number of amides is 2. The lowest BCUT2D eigenvalue weighted by Gasteiger charge is -2.29. The molecule has 6 nitrogen and oxygen atoms in total. The van der Waals surface area contributed by atoms with Crippen molar-refractivity contribution in [2.45, 2.75) is 51.3 Å². The molecule has 0 bridgehead atoms. The largest absolute Gasteiger partial charge is 0.376 e. The Kier molecular flexibility index (Phi) is 4.66. The number of hydrogen-bond acceptors (Lipinski definition) is 3. The van der Waals surface area contributed by atoms with Gasteiger partial charge < -0.3 is 19.5 Å². The molecular weight excluding hydrogens is 280 g/mol. The van der Waals surface area contributed by atoms with Gasteiger partial charge in [0.2, 0.25) is 0 Å². The van der Waals surface area contributed by atoms with Crippen LogP contribution in [0.25, 0.3) is 0 Å². The van der Waals surface area contributed by atoms with E-state index in [1.165, 1.54) is 0 Å². The molecule has 1 aromatic rings. The fraction of sp³-hybridized carbons (Fsp3) is 0.750. The Morgan fingerprint density at radius 3 is 3.23 bits per heavy atom. The van der Waals surface area contributed by atoms with Crippen LogP contribution < -0.4 is 5.32 Å². The van der Waals surface area contributed by atoms with E-state index in [2.05, 4.69) is 14.9 Å². The summed E-state index contributed by atoms with van der Waals surface area (Å²) in [5.74, 6) is 1.63. The average molecular weight is 306 g/mol. The van der Waals surface area contributed by atoms with E-state index in [0.717, 1.165) is 51.2 Å². The molecule has 6 heteroatoms. The fourth-order valence-corrected chi connectivity index (χ4v) is 3.44. The third-order valence-electron chi connectivity index (χ3n) is 4.80. The molecule has 3 rings (SSSR count). The van der Waals surface area contributed by atoms with Gasteiger partial charge in [0.25, 0.3) is 0 Å². The lowest BCUT2D eigenvalue weighted by atomic mass is 9.97. The molecule has 2 aliphatic heterocycles. The molecule has 1 fully saturated rings. The average Bonchev–Trinajstić information content (AvgIpc) is 3.18. The molecule has 122 valence electrons. The van der Waals surface area contributed by atoms with E-state index in [0.29, 0.717) is 5.92 Å². The van der Waals surface area contributed by atoms with Gasteiger partial charge in [0, 0.05) is 45.6 Å². The molecule has 3 heterocycles. The molecule has 0 unspecified atom stereocenters. The summed E-state index contributed by atoms with van der Waals surface area (Å²) in [6.07, 6.45) is 8.24. The quantitative estimate of drug-likeness (QED) is 0.920. The van der Waals surface area contributed by atoms with E-state index in [1.54, 1.807) is 4.90 Å². The first-order valence-corrected chi connectivity index (χ1v) is 8.26. The van der Waals surface area contributed by atoms with Crippen molar-refractivity contribution in [1.29, 1.82) is 0 Å². The van der Waals surface area contributed by atoms with Crippen LogP contribution in [0.2, 0.25) is 0 Å². The Balaban J connectivity index is 1.47. The topological polar surface area (TPSA) is 59.4 Å². The lowest BCUT2D eigenvalue weighted by Crippen LogP contribution is -2.48. The van der Waals surface area contributed by atoms with E-state index >= 15 is 0 Å². The van der Waals surface area contributed by atoms with Crippen LogP contribution in [0.4, 0.5) is 4.79 Å². The van der Waals surface area contributed by atoms with Gasteiger partial charge in [0.15, 0.2) is 0 Å². The molecule has 0 aliphatic carbocycles. The molecule has 1 aromatic heterocycles. The Labute approximate surface area is 131 Å². The third kappa shape index (κ3) is 3.43. The molecule has 2 amide bonds. The van der Waals surface area contributed by atoms with E-state index < -0.39 is 0 Å². The Morgan fingerprint density at radius 1 is 1.59 bits per heavy atom. The minimum Gasteiger partial charge on any atom is -0.376 e. The second-order valence-corrected chi connectivity index (χ2v) is 6.57. The number of nitrogens with zero attached hydrogens (tertiary/aromatic N) is 3. The van der Waals surface area contributed by atoms with Crippen LogP contribution in [0, 0.1) is 5.92 Å². The van der Waals surface area contributed by atoms with Gasteiger partial charge in [-0.05, 0) is 32.1 Å². The lowest BCUT2D eigenvalue weighted by molar-refractivity contribution is 0.0834. The van der Waals surface area contributed by atoms with Crippen LogP contribution in [0.3, 0.4) is 0 Å². The highest BCUT2D eigenvalue weighted by Crippen LogP contribution is 2.20. The van der Waals surface area contributed by atoms with Gasteiger partial charge in [0.1, 0.15) is 5.82 Å². The van der Waals surface area contributed by atoms with Crippen LogP contribution >= 0.6 is 0 Å². The number of urea groups is 1. The highest BCUT2D eigenvalue weighted by molar-refractivity contribution is 5.74. The van der Waals surface area contributed by atoms with Crippen molar-refractivity contribution < 1.29 is 9.53 Å². The van der Waals surface area contributed by atoms with Crippen molar-refractivity contribution in [1.82, 2.24) is 19.8 Å². The standard InChI is InChI=1S/C16H26N4O2/c1-12(14-4-3-9-22-14)18-16(21)19(2)11-13-5-7-20-8-6-17-15(20)10-13/h6,8,12-14H,3-5,7,9-11H2,1-2H3,(H,18,21)/t12-,13-,14+/m0/s1. The maximum absolute atomic E-state index is 12.3. The summed E-state index contributed by atoms with van der Waals surface area (Å²) >= 11 is 0. The number of ether oxygens (including phenoxy) is 1. The minimum absolute atomic E-state index is 0.00286. The number of hydrogen-bond donors (Lipinski definition) is 1. The first-order valence-electron chi connectivity index (χ1n) is 8.26. The second-order valence-electron chi connectivity index (χ2n) is 6.57. The minimum atomic E-state index is -0.00286. The number of imidazole rings is 1. The smallest absolute Gasteiger partial charge is 0.317 e. The molecule has 0 radical (unpaired) electrons. The summed E-state index contributed by atoms with van der Waals surface area (Å²) in [6, 6.07) is 0.0691. The zero-order valence-corrected chi connectivity index (χ0v) is 13.5. The zero-order chi connectivity index (χ0) is 15.5. The van der Waals surface area contributed by atoms with Gasteiger partial charge in [-0.25, -0.2) is 9.78 Å². The summed E-state index contributed by atoms with van der Waals surface area (Å²) in [7, 11) is 1.87. The number of rotatable bonds is 4. The first-order chi connectivity index (χ1) is 10.6. The summed E-state index contributed by atoms with van der Waals surface area (Å²) in [5, 5.41) is 3.07. The number of nitrogens with one attached hydrogen (secondary N) is 1. The molecule has 0 spiro atoms. The van der Waals surface area contributed by atoms with Gasteiger partial charge in [-0.15, -0.1) is 0 Å². The van der Waals surface area contributed by atoms with Crippen LogP contribution in [-0.4, -0.2) is 52.8 Å². The molecule has 2 aliphatic rings. The molecule has 3 atom stereocenters. The summed E-state index contributed by atoms with van der Waals surface area (Å²) in [6.45, 7) is 4.62. The van der Waals surface area contributed by atoms with Gasteiger partial charge >= 0.3 is 6.03 Å². The maximum Gasteiger partial charge on any atom is 0.317 e. The van der Waals surface area contributed by atoms with Gasteiger partial charge in [-0.2, -0.15) is 0 Å². The highest BCUT2D eigenvalue weighted by Gasteiger charge is 2.26. The van der Waals surface area contributed by atoms with Crippen molar-refractivity contribution in [2.24, 2.45) is 5.92 Å². The molecule has 22 heavy (non-hydrogen) atoms. The maximum atomic E-state index is 12.3. The van der Waals surface area contributed by atoms with E-state index in [-0.39, 0.29) is 18.2 Å². The van der Waals surface area contributed by atoms with Crippen molar-refractivity contribution in [3.05, 3.63) is 18.2 Å². The molecular formula is C16H26N4O2. The third-order valence-corrected chi connectivity index (χ3v) is 4.80. The number of fused-ring (bicyclic) bond motifs is 1. The van der Waals surface area contributed by atoms with Crippen LogP contribution in [0.1, 0.15) is 32.0 Å². The van der Waals surface area contributed by atoms with Crippen molar-refractivity contribution >= 4 is 6.03 Å². The van der Waals surface area contributed by atoms with Gasteiger partial charge in [-0.3, -0.25) is 0 Å². The highest BCUT2D eigenvalue weighted by atomic mass is 16.5. The number of carbonyl (C=O) groups is 1. The Morgan fingerprint density at radius 2 is 2.45 bits per heavy atom. The van der Waals surface area contributed by atoms with Crippen LogP contribution in [0.15, 0.2) is 12.4 Å². The van der Waals surface area contributed by atoms with E-state index in [9.17, 15) is 4.79 Å². The summed E-state index contributed by atoms with van der Waals surface area (Å²) < 4.78 is 7.84. The Bertz CT molecular complexity index is 510. The number of aryl methyl sites for hydroxylation is 1. The molecule has 1 N–H and O–H groups in total. The molecule has 0 saturated carbocycles. The Hall–Kier alpha value is -1.56. The monoisotopic (exact) mass is 306 g/mol. The molecule has 0 aromatic carbocycles. The van der Waals surface area contributed by atoms with Crippen molar-refractivity contribution in [3.63, 3.8) is 0 Å². The van der Waals surface area contributed by atoms with Crippen LogP contribution in [-0.2, 0) is 17.7 Å².